The maximum atomic E-state index is 4.36. The van der Waals surface area contributed by atoms with Gasteiger partial charge in [-0.15, -0.1) is 0 Å². The summed E-state index contributed by atoms with van der Waals surface area (Å²) in [6.45, 7) is 2.58. The Morgan fingerprint density at radius 3 is 2.89 bits per heavy atom. The molecule has 0 aromatic carbocycles. The van der Waals surface area contributed by atoms with E-state index in [0.29, 0.717) is 6.54 Å². The summed E-state index contributed by atoms with van der Waals surface area (Å²) in [5.74, 6) is 0.793. The Hall–Kier alpha value is -2.50. The van der Waals surface area contributed by atoms with Crippen LogP contribution < -0.4 is 5.32 Å². The van der Waals surface area contributed by atoms with Gasteiger partial charge in [-0.05, 0) is 19.1 Å². The van der Waals surface area contributed by atoms with Crippen molar-refractivity contribution in [2.24, 2.45) is 7.05 Å². The minimum Gasteiger partial charge on any atom is -0.364 e. The van der Waals surface area contributed by atoms with Crippen LogP contribution in [-0.2, 0) is 13.6 Å². The first-order valence-electron chi connectivity index (χ1n) is 6.04. The molecule has 0 aliphatic carbocycles. The first-order valence-corrected chi connectivity index (χ1v) is 6.04. The van der Waals surface area contributed by atoms with Crippen molar-refractivity contribution < 1.29 is 0 Å². The van der Waals surface area contributed by atoms with Gasteiger partial charge in [-0.1, -0.05) is 6.07 Å². The lowest BCUT2D eigenvalue weighted by Crippen LogP contribution is -2.04. The summed E-state index contributed by atoms with van der Waals surface area (Å²) in [4.78, 5) is 12.8. The number of hydrogen-bond donors (Lipinski definition) is 1. The molecule has 3 aromatic heterocycles. The molecule has 0 aliphatic heterocycles. The van der Waals surface area contributed by atoms with Crippen LogP contribution in [0.2, 0.25) is 0 Å². The molecule has 0 bridgehead atoms. The molecule has 3 rings (SSSR count). The van der Waals surface area contributed by atoms with Gasteiger partial charge < -0.3 is 5.32 Å². The first kappa shape index (κ1) is 11.6. The van der Waals surface area contributed by atoms with Crippen LogP contribution in [0.1, 0.15) is 11.4 Å². The van der Waals surface area contributed by atoms with E-state index < -0.39 is 0 Å². The molecule has 0 unspecified atom stereocenters. The Morgan fingerprint density at radius 2 is 2.11 bits per heavy atom. The van der Waals surface area contributed by atoms with Gasteiger partial charge in [0.2, 0.25) is 0 Å². The molecule has 0 saturated carbocycles. The number of fused-ring (bicyclic) bond motifs is 1. The number of hydrogen-bond acceptors (Lipinski definition) is 5. The zero-order chi connectivity index (χ0) is 13.2. The molecule has 0 saturated heterocycles. The molecule has 1 N–H and O–H groups in total. The molecule has 3 aromatic rings. The monoisotopic (exact) mass is 254 g/mol. The predicted octanol–water partition coefficient (Wildman–Crippen LogP) is 1.68. The Labute approximate surface area is 110 Å². The van der Waals surface area contributed by atoms with E-state index in [1.165, 1.54) is 0 Å². The summed E-state index contributed by atoms with van der Waals surface area (Å²) in [6, 6.07) is 5.84. The van der Waals surface area contributed by atoms with Crippen LogP contribution in [0.4, 0.5) is 5.82 Å². The third-order valence-corrected chi connectivity index (χ3v) is 2.96. The number of rotatable bonds is 3. The van der Waals surface area contributed by atoms with Crippen molar-refractivity contribution in [2.45, 2.75) is 13.5 Å². The predicted molar refractivity (Wildman–Crippen MR) is 72.6 cm³/mol. The SMILES string of the molecule is Cc1nn(C)c2ncnc(NCc3ccccn3)c12. The summed E-state index contributed by atoms with van der Waals surface area (Å²) in [7, 11) is 1.88. The fraction of sp³-hybridized carbons (Fsp3) is 0.231. The van der Waals surface area contributed by atoms with Gasteiger partial charge in [-0.3, -0.25) is 9.67 Å². The Morgan fingerprint density at radius 1 is 1.21 bits per heavy atom. The molecule has 0 spiro atoms. The molecule has 96 valence electrons. The molecule has 6 heteroatoms. The van der Waals surface area contributed by atoms with Crippen molar-refractivity contribution in [2.75, 3.05) is 5.32 Å². The van der Waals surface area contributed by atoms with Crippen LogP contribution in [0.25, 0.3) is 11.0 Å². The summed E-state index contributed by atoms with van der Waals surface area (Å²) in [6.07, 6.45) is 3.33. The molecular formula is C13H14N6. The third kappa shape index (κ3) is 2.12. The van der Waals surface area contributed by atoms with Crippen molar-refractivity contribution in [1.29, 1.82) is 0 Å². The van der Waals surface area contributed by atoms with Gasteiger partial charge in [0.05, 0.1) is 23.3 Å². The average Bonchev–Trinajstić information content (AvgIpc) is 2.74. The quantitative estimate of drug-likeness (QED) is 0.770. The van der Waals surface area contributed by atoms with E-state index in [9.17, 15) is 0 Å². The van der Waals surface area contributed by atoms with Crippen LogP contribution in [-0.4, -0.2) is 24.7 Å². The van der Waals surface area contributed by atoms with Crippen molar-refractivity contribution in [1.82, 2.24) is 24.7 Å². The second kappa shape index (κ2) is 4.64. The minimum atomic E-state index is 0.626. The van der Waals surface area contributed by atoms with E-state index in [2.05, 4.69) is 25.4 Å². The smallest absolute Gasteiger partial charge is 0.163 e. The standard InChI is InChI=1S/C13H14N6/c1-9-11-12(15-7-10-5-3-4-6-14-10)16-8-17-13(11)19(2)18-9/h3-6,8H,7H2,1-2H3,(H,15,16,17). The van der Waals surface area contributed by atoms with Crippen LogP contribution in [0.15, 0.2) is 30.7 Å². The number of nitrogens with one attached hydrogen (secondary N) is 1. The lowest BCUT2D eigenvalue weighted by atomic mass is 10.3. The molecule has 0 fully saturated rings. The zero-order valence-electron chi connectivity index (χ0n) is 10.8. The van der Waals surface area contributed by atoms with Crippen molar-refractivity contribution in [3.8, 4) is 0 Å². The lowest BCUT2D eigenvalue weighted by Gasteiger charge is -2.06. The van der Waals surface area contributed by atoms with Crippen LogP contribution in [0, 0.1) is 6.92 Å². The number of aryl methyl sites for hydroxylation is 2. The first-order chi connectivity index (χ1) is 9.25. The van der Waals surface area contributed by atoms with Crippen molar-refractivity contribution in [3.05, 3.63) is 42.1 Å². The summed E-state index contributed by atoms with van der Waals surface area (Å²) < 4.78 is 1.76. The highest BCUT2D eigenvalue weighted by atomic mass is 15.3. The van der Waals surface area contributed by atoms with E-state index in [1.54, 1.807) is 17.2 Å². The van der Waals surface area contributed by atoms with Gasteiger partial charge in [-0.2, -0.15) is 5.10 Å². The van der Waals surface area contributed by atoms with E-state index in [-0.39, 0.29) is 0 Å². The fourth-order valence-electron chi connectivity index (χ4n) is 2.09. The Bertz CT molecular complexity index is 704. The van der Waals surface area contributed by atoms with Crippen LogP contribution in [0.3, 0.4) is 0 Å². The Kier molecular flexibility index (Phi) is 2.83. The summed E-state index contributed by atoms with van der Waals surface area (Å²) in [5.41, 5.74) is 2.72. The van der Waals surface area contributed by atoms with E-state index in [1.807, 2.05) is 32.2 Å². The molecule has 0 radical (unpaired) electrons. The summed E-state index contributed by atoms with van der Waals surface area (Å²) >= 11 is 0. The topological polar surface area (TPSA) is 68.5 Å². The maximum absolute atomic E-state index is 4.36. The molecule has 0 atom stereocenters. The lowest BCUT2D eigenvalue weighted by molar-refractivity contribution is 0.773. The van der Waals surface area contributed by atoms with E-state index in [4.69, 9.17) is 0 Å². The fourth-order valence-corrected chi connectivity index (χ4v) is 2.09. The average molecular weight is 254 g/mol. The number of nitrogens with zero attached hydrogens (tertiary/aromatic N) is 5. The van der Waals surface area contributed by atoms with Gasteiger partial charge in [0.15, 0.2) is 5.65 Å². The van der Waals surface area contributed by atoms with Gasteiger partial charge in [0.25, 0.3) is 0 Å². The zero-order valence-corrected chi connectivity index (χ0v) is 10.8. The normalized spacial score (nSPS) is 10.8. The summed E-state index contributed by atoms with van der Waals surface area (Å²) in [5, 5.41) is 8.61. The highest BCUT2D eigenvalue weighted by molar-refractivity contribution is 5.88. The van der Waals surface area contributed by atoms with Crippen LogP contribution in [0.5, 0.6) is 0 Å². The highest BCUT2D eigenvalue weighted by Gasteiger charge is 2.11. The van der Waals surface area contributed by atoms with E-state index in [0.717, 1.165) is 28.2 Å². The molecule has 19 heavy (non-hydrogen) atoms. The minimum absolute atomic E-state index is 0.626. The largest absolute Gasteiger partial charge is 0.364 e. The highest BCUT2D eigenvalue weighted by Crippen LogP contribution is 2.22. The van der Waals surface area contributed by atoms with Gasteiger partial charge in [-0.25, -0.2) is 9.97 Å². The second-order valence-electron chi connectivity index (χ2n) is 4.30. The van der Waals surface area contributed by atoms with Gasteiger partial charge in [0, 0.05) is 13.2 Å². The van der Waals surface area contributed by atoms with Gasteiger partial charge in [0.1, 0.15) is 12.1 Å². The van der Waals surface area contributed by atoms with Crippen molar-refractivity contribution in [3.63, 3.8) is 0 Å². The second-order valence-corrected chi connectivity index (χ2v) is 4.30. The molecule has 0 amide bonds. The number of anilines is 1. The molecular weight excluding hydrogens is 240 g/mol. The van der Waals surface area contributed by atoms with Gasteiger partial charge >= 0.3 is 0 Å². The molecule has 6 nitrogen and oxygen atoms in total. The van der Waals surface area contributed by atoms with Crippen molar-refractivity contribution >= 4 is 16.9 Å². The van der Waals surface area contributed by atoms with Crippen LogP contribution >= 0.6 is 0 Å². The number of pyridine rings is 1. The molecule has 0 aliphatic rings. The Balaban J connectivity index is 1.93. The molecule has 3 heterocycles. The third-order valence-electron chi connectivity index (χ3n) is 2.96. The maximum Gasteiger partial charge on any atom is 0.163 e. The van der Waals surface area contributed by atoms with E-state index >= 15 is 0 Å². The number of aromatic nitrogens is 5.